The van der Waals surface area contributed by atoms with Crippen molar-refractivity contribution in [3.8, 4) is 0 Å². The number of benzene rings is 5. The molecule has 0 spiro atoms. The first-order valence-electron chi connectivity index (χ1n) is 12.1. The lowest BCUT2D eigenvalue weighted by atomic mass is 9.85. The molecule has 0 unspecified atom stereocenters. The van der Waals surface area contributed by atoms with Crippen LogP contribution < -0.4 is 11.5 Å². The zero-order valence-electron chi connectivity index (χ0n) is 21.4. The van der Waals surface area contributed by atoms with Gasteiger partial charge in [-0.2, -0.15) is 52.7 Å². The molecule has 0 saturated carbocycles. The van der Waals surface area contributed by atoms with E-state index in [-0.39, 0.29) is 32.3 Å². The highest BCUT2D eigenvalue weighted by Crippen LogP contribution is 2.54. The Bertz CT molecular complexity index is 1950. The molecule has 0 radical (unpaired) electrons. The van der Waals surface area contributed by atoms with Crippen LogP contribution in [-0.4, -0.2) is 34.9 Å². The summed E-state index contributed by atoms with van der Waals surface area (Å²) in [6.45, 7) is 0. The normalized spacial score (nSPS) is 14.3. The van der Waals surface area contributed by atoms with Crippen LogP contribution in [0, 0.1) is 0 Å². The Labute approximate surface area is 237 Å². The quantitative estimate of drug-likeness (QED) is 0.0892. The minimum absolute atomic E-state index is 0.102. The Morgan fingerprint density at radius 1 is 0.432 bits per heavy atom. The Morgan fingerprint density at radius 3 is 1.32 bits per heavy atom. The molecule has 0 saturated heterocycles. The highest BCUT2D eigenvalue weighted by atomic mass is 19.4. The van der Waals surface area contributed by atoms with Gasteiger partial charge in [0.2, 0.25) is 0 Å². The minimum atomic E-state index is -6.28. The molecule has 4 nitrogen and oxygen atoms in total. The van der Waals surface area contributed by atoms with Crippen LogP contribution >= 0.6 is 0 Å². The maximum atomic E-state index is 13.8. The molecular weight excluding hydrogens is 624 g/mol. The summed E-state index contributed by atoms with van der Waals surface area (Å²) in [7, 11) is 0. The van der Waals surface area contributed by atoms with Gasteiger partial charge in [0.15, 0.2) is 0 Å². The fraction of sp³-hybridized carbons (Fsp3) is 0.214. The number of halogens is 12. The average Bonchev–Trinajstić information content (AvgIpc) is 2.86. The van der Waals surface area contributed by atoms with Gasteiger partial charge in [-0.15, -0.1) is 0 Å². The Balaban J connectivity index is 1.88. The number of anilines is 2. The van der Waals surface area contributed by atoms with Gasteiger partial charge in [0.05, 0.1) is 0 Å². The summed E-state index contributed by atoms with van der Waals surface area (Å²) in [5, 5.41) is 18.4. The third-order valence-corrected chi connectivity index (χ3v) is 7.45. The van der Waals surface area contributed by atoms with Crippen LogP contribution in [0.2, 0.25) is 0 Å². The molecule has 0 bridgehead atoms. The Hall–Kier alpha value is -4.18. The SMILES string of the molecule is Nc1cc(C(O)(C(F)(F)F)C(F)(F)F)c2cc3cc4cc5c(C(O)(C(F)(F)F)C(F)(F)F)c(N)ccc5cc4cc3cc2c1. The third-order valence-electron chi connectivity index (χ3n) is 7.45. The second kappa shape index (κ2) is 9.17. The van der Waals surface area contributed by atoms with E-state index in [0.29, 0.717) is 6.07 Å². The van der Waals surface area contributed by atoms with E-state index in [2.05, 4.69) is 0 Å². The van der Waals surface area contributed by atoms with E-state index in [0.717, 1.165) is 42.5 Å². The lowest BCUT2D eigenvalue weighted by Gasteiger charge is -2.34. The number of alkyl halides is 12. The number of fused-ring (bicyclic) bond motifs is 4. The monoisotopic (exact) mass is 640 g/mol. The zero-order valence-corrected chi connectivity index (χ0v) is 21.4. The molecule has 44 heavy (non-hydrogen) atoms. The molecule has 0 aliphatic carbocycles. The molecule has 5 aromatic rings. The van der Waals surface area contributed by atoms with E-state index in [4.69, 9.17) is 11.5 Å². The van der Waals surface area contributed by atoms with Crippen molar-refractivity contribution in [3.63, 3.8) is 0 Å². The summed E-state index contributed by atoms with van der Waals surface area (Å²) >= 11 is 0. The molecule has 16 heteroatoms. The van der Waals surface area contributed by atoms with Crippen LogP contribution in [0.5, 0.6) is 0 Å². The summed E-state index contributed by atoms with van der Waals surface area (Å²) < 4.78 is 165. The topological polar surface area (TPSA) is 92.5 Å². The van der Waals surface area contributed by atoms with Gasteiger partial charge in [-0.05, 0) is 97.7 Å². The van der Waals surface area contributed by atoms with E-state index in [1.165, 1.54) is 12.1 Å². The van der Waals surface area contributed by atoms with Gasteiger partial charge in [0.1, 0.15) is 0 Å². The van der Waals surface area contributed by atoms with Gasteiger partial charge in [-0.1, -0.05) is 6.07 Å². The van der Waals surface area contributed by atoms with Crippen molar-refractivity contribution < 1.29 is 62.9 Å². The Kier molecular flexibility index (Phi) is 6.51. The van der Waals surface area contributed by atoms with Crippen molar-refractivity contribution >= 4 is 54.5 Å². The van der Waals surface area contributed by atoms with Crippen LogP contribution in [0.4, 0.5) is 64.1 Å². The van der Waals surface area contributed by atoms with Gasteiger partial charge >= 0.3 is 24.7 Å². The summed E-state index contributed by atoms with van der Waals surface area (Å²) in [6.07, 6.45) is -25.1. The molecule has 0 atom stereocenters. The fourth-order valence-corrected chi connectivity index (χ4v) is 5.34. The fourth-order valence-electron chi connectivity index (χ4n) is 5.34. The van der Waals surface area contributed by atoms with Gasteiger partial charge in [0.25, 0.3) is 11.2 Å². The molecule has 0 aliphatic rings. The molecule has 6 N–H and O–H groups in total. The van der Waals surface area contributed by atoms with Crippen molar-refractivity contribution in [1.29, 1.82) is 0 Å². The van der Waals surface area contributed by atoms with Crippen molar-refractivity contribution in [1.82, 2.24) is 0 Å². The molecule has 5 aromatic carbocycles. The minimum Gasteiger partial charge on any atom is -0.399 e. The lowest BCUT2D eigenvalue weighted by Crippen LogP contribution is -2.54. The molecule has 0 aromatic heterocycles. The second-order valence-corrected chi connectivity index (χ2v) is 10.2. The number of nitrogen functional groups attached to an aromatic ring is 2. The zero-order chi connectivity index (χ0) is 33.0. The van der Waals surface area contributed by atoms with E-state index in [1.54, 1.807) is 0 Å². The maximum absolute atomic E-state index is 13.8. The average molecular weight is 640 g/mol. The van der Waals surface area contributed by atoms with E-state index < -0.39 is 69.2 Å². The highest BCUT2D eigenvalue weighted by molar-refractivity contribution is 6.10. The van der Waals surface area contributed by atoms with Gasteiger partial charge < -0.3 is 21.7 Å². The molecule has 0 aliphatic heterocycles. The van der Waals surface area contributed by atoms with Gasteiger partial charge in [-0.3, -0.25) is 0 Å². The highest BCUT2D eigenvalue weighted by Gasteiger charge is 2.73. The number of hydrogen-bond donors (Lipinski definition) is 4. The van der Waals surface area contributed by atoms with Crippen molar-refractivity contribution in [2.75, 3.05) is 11.5 Å². The van der Waals surface area contributed by atoms with Crippen molar-refractivity contribution in [3.05, 3.63) is 71.8 Å². The summed E-state index contributed by atoms with van der Waals surface area (Å²) in [5.74, 6) is 0. The smallest absolute Gasteiger partial charge is 0.399 e. The number of rotatable bonds is 2. The number of hydrogen-bond acceptors (Lipinski definition) is 4. The summed E-state index contributed by atoms with van der Waals surface area (Å²) in [4.78, 5) is 0. The van der Waals surface area contributed by atoms with Gasteiger partial charge in [0, 0.05) is 22.5 Å². The lowest BCUT2D eigenvalue weighted by molar-refractivity contribution is -0.376. The predicted molar refractivity (Wildman–Crippen MR) is 137 cm³/mol. The number of nitrogens with two attached hydrogens (primary N) is 2. The molecule has 5 rings (SSSR count). The first-order valence-corrected chi connectivity index (χ1v) is 12.1. The molecule has 0 amide bonds. The van der Waals surface area contributed by atoms with Crippen LogP contribution in [0.3, 0.4) is 0 Å². The van der Waals surface area contributed by atoms with E-state index >= 15 is 0 Å². The van der Waals surface area contributed by atoms with Crippen LogP contribution in [0.15, 0.2) is 60.7 Å². The van der Waals surface area contributed by atoms with Crippen molar-refractivity contribution in [2.45, 2.75) is 35.9 Å². The van der Waals surface area contributed by atoms with Crippen LogP contribution in [0.25, 0.3) is 43.1 Å². The van der Waals surface area contributed by atoms with Crippen molar-refractivity contribution in [2.24, 2.45) is 0 Å². The van der Waals surface area contributed by atoms with E-state index in [1.807, 2.05) is 0 Å². The van der Waals surface area contributed by atoms with Crippen LogP contribution in [-0.2, 0) is 11.2 Å². The van der Waals surface area contributed by atoms with Crippen LogP contribution in [0.1, 0.15) is 11.1 Å². The largest absolute Gasteiger partial charge is 0.430 e. The molecular formula is C28H16F12N2O2. The summed E-state index contributed by atoms with van der Waals surface area (Å²) in [5.41, 5.74) is -4.61. The molecule has 234 valence electrons. The third kappa shape index (κ3) is 4.33. The molecule has 0 heterocycles. The summed E-state index contributed by atoms with van der Waals surface area (Å²) in [6, 6.07) is 9.62. The maximum Gasteiger partial charge on any atom is 0.430 e. The second-order valence-electron chi connectivity index (χ2n) is 10.2. The first kappa shape index (κ1) is 31.3. The molecule has 0 fully saturated rings. The van der Waals surface area contributed by atoms with Gasteiger partial charge in [-0.25, -0.2) is 0 Å². The number of aliphatic hydroxyl groups is 2. The first-order chi connectivity index (χ1) is 19.9. The standard InChI is InChI=1S/C28H16F12N2O2/c29-25(30,31)23(43,26(32,33)34)20-10-17(41)7-16-6-13-4-12-3-11-1-2-21(42)22(24(44,27(35,36)37)28(38,39)40)19(11)9-15(12)5-14(13)8-18(16)20/h1-10,43-44H,41-42H2. The predicted octanol–water partition coefficient (Wildman–Crippen LogP) is 8.09. The van der Waals surface area contributed by atoms with E-state index in [9.17, 15) is 62.9 Å². The Morgan fingerprint density at radius 2 is 0.841 bits per heavy atom.